The van der Waals surface area contributed by atoms with Gasteiger partial charge in [0.05, 0.1) is 30.5 Å². The summed E-state index contributed by atoms with van der Waals surface area (Å²) >= 11 is 0. The van der Waals surface area contributed by atoms with Gasteiger partial charge in [-0.25, -0.2) is 19.6 Å². The number of halogens is 1. The molecule has 0 spiro atoms. The third-order valence-corrected chi connectivity index (χ3v) is 8.30. The maximum Gasteiger partial charge on any atom is 0.410 e. The first-order valence-corrected chi connectivity index (χ1v) is 14.6. The summed E-state index contributed by atoms with van der Waals surface area (Å²) in [6.07, 6.45) is -1.81. The largest absolute Gasteiger partial charge is 0.444 e. The molecular weight excluding hydrogens is 525 g/mol. The summed E-state index contributed by atoms with van der Waals surface area (Å²) in [7, 11) is 0. The maximum absolute atomic E-state index is 16.2. The van der Waals surface area contributed by atoms with E-state index < -0.39 is 35.5 Å². The Labute approximate surface area is 243 Å². The third kappa shape index (κ3) is 6.60. The van der Waals surface area contributed by atoms with Crippen molar-refractivity contribution in [1.29, 1.82) is 5.26 Å². The van der Waals surface area contributed by atoms with Gasteiger partial charge in [0.15, 0.2) is 0 Å². The van der Waals surface area contributed by atoms with Crippen molar-refractivity contribution in [2.45, 2.75) is 109 Å². The van der Waals surface area contributed by atoms with Gasteiger partial charge in [-0.2, -0.15) is 5.26 Å². The Hall–Kier alpha value is -2.94. The van der Waals surface area contributed by atoms with Crippen molar-refractivity contribution >= 4 is 17.7 Å². The molecule has 1 aromatic carbocycles. The van der Waals surface area contributed by atoms with Crippen molar-refractivity contribution in [3.8, 4) is 6.07 Å². The molecule has 3 heterocycles. The lowest BCUT2D eigenvalue weighted by atomic mass is 9.80. The van der Waals surface area contributed by atoms with E-state index in [2.05, 4.69) is 67.3 Å². The van der Waals surface area contributed by atoms with Gasteiger partial charge in [0.1, 0.15) is 17.9 Å². The van der Waals surface area contributed by atoms with Crippen LogP contribution in [-0.4, -0.2) is 77.1 Å². The highest BCUT2D eigenvalue weighted by atomic mass is 19.1. The molecule has 3 aliphatic rings. The number of alkyl halides is 1. The summed E-state index contributed by atoms with van der Waals surface area (Å²) < 4.78 is 21.7. The molecule has 4 rings (SSSR count). The number of piperidine rings is 2. The zero-order valence-electron chi connectivity index (χ0n) is 25.4. The number of hydrogen-bond acceptors (Lipinski definition) is 8. The van der Waals surface area contributed by atoms with E-state index in [4.69, 9.17) is 4.74 Å². The second kappa shape index (κ2) is 11.7. The summed E-state index contributed by atoms with van der Waals surface area (Å²) in [5.74, 6) is -0.601. The van der Waals surface area contributed by atoms with Crippen LogP contribution in [-0.2, 0) is 15.1 Å². The van der Waals surface area contributed by atoms with Crippen molar-refractivity contribution in [3.63, 3.8) is 0 Å². The minimum atomic E-state index is -1.52. The molecule has 0 radical (unpaired) electrons. The highest BCUT2D eigenvalue weighted by molar-refractivity contribution is 5.82. The van der Waals surface area contributed by atoms with Crippen molar-refractivity contribution in [1.82, 2.24) is 26.0 Å². The molecule has 10 nitrogen and oxygen atoms in total. The number of nitriles is 1. The second-order valence-electron chi connectivity index (χ2n) is 13.4. The Morgan fingerprint density at radius 1 is 1.24 bits per heavy atom. The van der Waals surface area contributed by atoms with E-state index in [0.717, 1.165) is 11.3 Å². The number of ether oxygens (including phenoxy) is 1. The minimum Gasteiger partial charge on any atom is -0.444 e. The lowest BCUT2D eigenvalue weighted by molar-refractivity contribution is -0.130. The molecule has 3 unspecified atom stereocenters. The zero-order chi connectivity index (χ0) is 30.2. The summed E-state index contributed by atoms with van der Waals surface area (Å²) in [5.41, 5.74) is 3.28. The number of nitrogens with one attached hydrogen (secondary N) is 4. The Kier molecular flexibility index (Phi) is 8.88. The minimum absolute atomic E-state index is 0.0759. The van der Waals surface area contributed by atoms with Gasteiger partial charge in [-0.1, -0.05) is 26.0 Å². The lowest BCUT2D eigenvalue weighted by Crippen LogP contribution is -2.68. The van der Waals surface area contributed by atoms with Crippen LogP contribution < -0.4 is 21.4 Å². The van der Waals surface area contributed by atoms with E-state index >= 15 is 4.39 Å². The molecule has 5 atom stereocenters. The lowest BCUT2D eigenvalue weighted by Gasteiger charge is -2.50. The summed E-state index contributed by atoms with van der Waals surface area (Å²) in [6, 6.07) is 10.3. The van der Waals surface area contributed by atoms with Crippen LogP contribution in [0.5, 0.6) is 0 Å². The van der Waals surface area contributed by atoms with Crippen LogP contribution in [0.4, 0.5) is 14.9 Å². The molecule has 0 saturated carbocycles. The van der Waals surface area contributed by atoms with Crippen LogP contribution in [0.3, 0.4) is 0 Å². The summed E-state index contributed by atoms with van der Waals surface area (Å²) in [6.45, 7) is 14.4. The molecule has 1 aromatic rings. The van der Waals surface area contributed by atoms with Gasteiger partial charge in [0.2, 0.25) is 5.91 Å². The van der Waals surface area contributed by atoms with E-state index in [9.17, 15) is 14.9 Å². The molecule has 0 bridgehead atoms. The molecule has 0 aromatic heterocycles. The van der Waals surface area contributed by atoms with E-state index in [1.54, 1.807) is 20.8 Å². The fourth-order valence-corrected chi connectivity index (χ4v) is 6.48. The Bertz CT molecular complexity index is 1150. The number of hydrazine groups is 1. The number of anilines is 1. The van der Waals surface area contributed by atoms with Crippen molar-refractivity contribution in [2.24, 2.45) is 5.92 Å². The molecule has 3 aliphatic heterocycles. The number of carbonyl (C=O) groups is 2. The number of likely N-dealkylation sites (tertiary alicyclic amines) is 1. The normalized spacial score (nSPS) is 29.1. The van der Waals surface area contributed by atoms with E-state index in [0.29, 0.717) is 19.0 Å². The number of benzene rings is 1. The Morgan fingerprint density at radius 2 is 1.93 bits per heavy atom. The van der Waals surface area contributed by atoms with Gasteiger partial charge in [0, 0.05) is 36.4 Å². The predicted octanol–water partition coefficient (Wildman–Crippen LogP) is 3.61. The van der Waals surface area contributed by atoms with Crippen LogP contribution in [0.15, 0.2) is 24.3 Å². The number of hydrogen-bond donors (Lipinski definition) is 4. The van der Waals surface area contributed by atoms with Gasteiger partial charge >= 0.3 is 6.09 Å². The molecule has 3 saturated heterocycles. The molecule has 11 heteroatoms. The average molecular weight is 572 g/mol. The third-order valence-electron chi connectivity index (χ3n) is 8.30. The van der Waals surface area contributed by atoms with Crippen molar-refractivity contribution in [2.75, 3.05) is 25.0 Å². The van der Waals surface area contributed by atoms with Gasteiger partial charge in [-0.05, 0) is 65.2 Å². The Balaban J connectivity index is 1.56. The van der Waals surface area contributed by atoms with Crippen LogP contribution in [0.2, 0.25) is 0 Å². The van der Waals surface area contributed by atoms with Gasteiger partial charge in [0.25, 0.3) is 0 Å². The predicted molar refractivity (Wildman–Crippen MR) is 155 cm³/mol. The summed E-state index contributed by atoms with van der Waals surface area (Å²) in [5, 5.41) is 21.6. The molecule has 226 valence electrons. The number of fused-ring (bicyclic) bond motifs is 1. The van der Waals surface area contributed by atoms with Gasteiger partial charge < -0.3 is 25.6 Å². The molecule has 0 aliphatic carbocycles. The first kappa shape index (κ1) is 31.0. The van der Waals surface area contributed by atoms with E-state index in [1.165, 1.54) is 4.90 Å². The standard InChI is InChI=1S/C30H46FN7O3/c1-19(2)35-29(6,7)20-8-10-21(11-9-20)34-25-24-22(12-16-33-26(24)39)38(36-25)30(13-15-32)14-17-37(18-23(30)31)27(40)41-28(3,4)5/h8-11,19,22-25,34-36H,12-14,16-18H2,1-7H3,(H,33,39)/t22?,23-,24?,25?,30+/m1/s1. The summed E-state index contributed by atoms with van der Waals surface area (Å²) in [4.78, 5) is 27.2. The number of nitrogens with zero attached hydrogens (tertiary/aromatic N) is 3. The van der Waals surface area contributed by atoms with Crippen LogP contribution in [0.25, 0.3) is 0 Å². The second-order valence-corrected chi connectivity index (χ2v) is 13.4. The number of carbonyl (C=O) groups excluding carboxylic acids is 2. The van der Waals surface area contributed by atoms with Crippen molar-refractivity contribution in [3.05, 3.63) is 29.8 Å². The SMILES string of the molecule is CC(C)NC(C)(C)c1ccc(NC2NN([C@@]3(CC#N)CCN(C(=O)OC(C)(C)C)C[C@H]3F)C3CCNC(=O)C23)cc1. The Morgan fingerprint density at radius 3 is 2.51 bits per heavy atom. The maximum atomic E-state index is 16.2. The van der Waals surface area contributed by atoms with E-state index in [-0.39, 0.29) is 43.4 Å². The molecule has 4 N–H and O–H groups in total. The number of rotatable bonds is 7. The fourth-order valence-electron chi connectivity index (χ4n) is 6.48. The fraction of sp³-hybridized carbons (Fsp3) is 0.700. The highest BCUT2D eigenvalue weighted by Crippen LogP contribution is 2.42. The average Bonchev–Trinajstić information content (AvgIpc) is 3.24. The smallest absolute Gasteiger partial charge is 0.410 e. The van der Waals surface area contributed by atoms with E-state index in [1.807, 2.05) is 17.1 Å². The first-order chi connectivity index (χ1) is 19.2. The molecular formula is C30H46FN7O3. The van der Waals surface area contributed by atoms with Crippen LogP contribution in [0.1, 0.15) is 73.3 Å². The molecule has 2 amide bonds. The van der Waals surface area contributed by atoms with Gasteiger partial charge in [-0.15, -0.1) is 0 Å². The number of amides is 2. The molecule has 3 fully saturated rings. The van der Waals surface area contributed by atoms with Crippen LogP contribution in [0, 0.1) is 17.2 Å². The topological polar surface area (TPSA) is 122 Å². The van der Waals surface area contributed by atoms with Gasteiger partial charge in [-0.3, -0.25) is 4.79 Å². The quantitative estimate of drug-likeness (QED) is 0.392. The van der Waals surface area contributed by atoms with Crippen molar-refractivity contribution < 1.29 is 18.7 Å². The zero-order valence-corrected chi connectivity index (χ0v) is 25.4. The highest BCUT2D eigenvalue weighted by Gasteiger charge is 2.58. The molecule has 41 heavy (non-hydrogen) atoms. The monoisotopic (exact) mass is 571 g/mol. The van der Waals surface area contributed by atoms with Crippen LogP contribution >= 0.6 is 0 Å². The first-order valence-electron chi connectivity index (χ1n) is 14.6.